The van der Waals surface area contributed by atoms with E-state index in [-0.39, 0.29) is 0 Å². The van der Waals surface area contributed by atoms with E-state index in [0.717, 1.165) is 6.54 Å². The molecule has 0 unspecified atom stereocenters. The lowest BCUT2D eigenvalue weighted by molar-refractivity contribution is 0.976. The van der Waals surface area contributed by atoms with Gasteiger partial charge in [-0.3, -0.25) is 5.10 Å². The predicted molar refractivity (Wildman–Crippen MR) is 53.2 cm³/mol. The lowest BCUT2D eigenvalue weighted by Crippen LogP contribution is -2.28. The average molecular weight is 195 g/mol. The van der Waals surface area contributed by atoms with Crippen LogP contribution in [0.3, 0.4) is 0 Å². The topological polar surface area (TPSA) is 76.5 Å². The van der Waals surface area contributed by atoms with Crippen LogP contribution in [0.25, 0.3) is 0 Å². The number of anilines is 1. The third-order valence-corrected chi connectivity index (χ3v) is 1.58. The van der Waals surface area contributed by atoms with Crippen LogP contribution in [0.5, 0.6) is 0 Å². The molecule has 0 saturated heterocycles. The minimum atomic E-state index is 0.445. The first-order chi connectivity index (χ1) is 6.27. The van der Waals surface area contributed by atoms with Crippen molar-refractivity contribution in [2.24, 2.45) is 0 Å². The van der Waals surface area contributed by atoms with Crippen LogP contribution in [0.4, 0.5) is 5.82 Å². The zero-order valence-electron chi connectivity index (χ0n) is 7.09. The maximum Gasteiger partial charge on any atom is 0.171 e. The van der Waals surface area contributed by atoms with Gasteiger partial charge in [0.05, 0.1) is 6.20 Å². The monoisotopic (exact) mass is 195 g/mol. The van der Waals surface area contributed by atoms with E-state index in [1.807, 2.05) is 13.0 Å². The smallest absolute Gasteiger partial charge is 0.171 e. The van der Waals surface area contributed by atoms with Gasteiger partial charge in [-0.1, -0.05) is 0 Å². The molecule has 1 aromatic heterocycles. The molecule has 1 rings (SSSR count). The second-order valence-electron chi connectivity index (χ2n) is 2.25. The van der Waals surface area contributed by atoms with E-state index >= 15 is 0 Å². The van der Waals surface area contributed by atoms with Crippen molar-refractivity contribution in [1.82, 2.24) is 15.5 Å². The quantitative estimate of drug-likeness (QED) is 0.602. The molecule has 6 heteroatoms. The summed E-state index contributed by atoms with van der Waals surface area (Å²) in [6.07, 6.45) is 1.44. The molecule has 0 aromatic carbocycles. The highest BCUT2D eigenvalue weighted by atomic mass is 32.1. The van der Waals surface area contributed by atoms with E-state index in [0.29, 0.717) is 16.5 Å². The summed E-state index contributed by atoms with van der Waals surface area (Å²) in [6, 6.07) is 1.98. The molecule has 13 heavy (non-hydrogen) atoms. The van der Waals surface area contributed by atoms with Crippen molar-refractivity contribution in [3.63, 3.8) is 0 Å². The second-order valence-corrected chi connectivity index (χ2v) is 2.66. The second kappa shape index (κ2) is 4.42. The van der Waals surface area contributed by atoms with Gasteiger partial charge in [0.1, 0.15) is 17.5 Å². The molecule has 0 spiro atoms. The van der Waals surface area contributed by atoms with Crippen molar-refractivity contribution in [1.29, 1.82) is 5.26 Å². The lowest BCUT2D eigenvalue weighted by atomic mass is 10.4. The first-order valence-electron chi connectivity index (χ1n) is 3.76. The normalized spacial score (nSPS) is 8.92. The van der Waals surface area contributed by atoms with Crippen LogP contribution >= 0.6 is 12.2 Å². The Morgan fingerprint density at radius 1 is 1.85 bits per heavy atom. The molecule has 5 nitrogen and oxygen atoms in total. The summed E-state index contributed by atoms with van der Waals surface area (Å²) in [4.78, 5) is 0. The van der Waals surface area contributed by atoms with Crippen LogP contribution in [0.15, 0.2) is 6.20 Å². The molecule has 1 heterocycles. The Bertz CT molecular complexity index is 337. The van der Waals surface area contributed by atoms with E-state index in [1.54, 1.807) is 0 Å². The Labute approximate surface area is 81.1 Å². The van der Waals surface area contributed by atoms with Crippen LogP contribution in [0.2, 0.25) is 0 Å². The SMILES string of the molecule is CCNC(=S)Nc1[nH]ncc1C#N. The highest BCUT2D eigenvalue weighted by Crippen LogP contribution is 2.07. The number of aromatic nitrogens is 2. The number of rotatable bonds is 2. The third-order valence-electron chi connectivity index (χ3n) is 1.34. The van der Waals surface area contributed by atoms with Crippen LogP contribution in [-0.2, 0) is 0 Å². The fourth-order valence-electron chi connectivity index (χ4n) is 0.784. The summed E-state index contributed by atoms with van der Waals surface area (Å²) in [5.41, 5.74) is 0.445. The minimum absolute atomic E-state index is 0.445. The molecule has 0 fully saturated rings. The van der Waals surface area contributed by atoms with Gasteiger partial charge in [-0.2, -0.15) is 10.4 Å². The highest BCUT2D eigenvalue weighted by Gasteiger charge is 2.04. The molecular weight excluding hydrogens is 186 g/mol. The van der Waals surface area contributed by atoms with Crippen LogP contribution in [-0.4, -0.2) is 21.9 Å². The van der Waals surface area contributed by atoms with E-state index < -0.39 is 0 Å². The Morgan fingerprint density at radius 2 is 2.62 bits per heavy atom. The lowest BCUT2D eigenvalue weighted by Gasteiger charge is -2.05. The average Bonchev–Trinajstić information content (AvgIpc) is 2.52. The Morgan fingerprint density at radius 3 is 3.23 bits per heavy atom. The summed E-state index contributed by atoms with van der Waals surface area (Å²) in [6.45, 7) is 2.67. The Kier molecular flexibility index (Phi) is 3.23. The number of nitrogens with one attached hydrogen (secondary N) is 3. The molecule has 0 aliphatic heterocycles. The number of nitrogens with zero attached hydrogens (tertiary/aromatic N) is 2. The Hall–Kier alpha value is -1.61. The molecule has 0 aliphatic rings. The molecule has 0 aliphatic carbocycles. The van der Waals surface area contributed by atoms with Gasteiger partial charge in [-0.05, 0) is 19.1 Å². The summed E-state index contributed by atoms with van der Waals surface area (Å²) in [5.74, 6) is 0.522. The molecule has 0 amide bonds. The van der Waals surface area contributed by atoms with Crippen LogP contribution < -0.4 is 10.6 Å². The third kappa shape index (κ3) is 2.42. The molecule has 0 bridgehead atoms. The number of aromatic amines is 1. The van der Waals surface area contributed by atoms with Crippen LogP contribution in [0, 0.1) is 11.3 Å². The van der Waals surface area contributed by atoms with Gasteiger partial charge in [-0.15, -0.1) is 0 Å². The van der Waals surface area contributed by atoms with Gasteiger partial charge < -0.3 is 10.6 Å². The van der Waals surface area contributed by atoms with Gasteiger partial charge in [0.15, 0.2) is 5.11 Å². The van der Waals surface area contributed by atoms with Gasteiger partial charge in [0, 0.05) is 6.54 Å². The largest absolute Gasteiger partial charge is 0.363 e. The van der Waals surface area contributed by atoms with Gasteiger partial charge in [-0.25, -0.2) is 0 Å². The zero-order chi connectivity index (χ0) is 9.68. The fraction of sp³-hybridized carbons (Fsp3) is 0.286. The van der Waals surface area contributed by atoms with Gasteiger partial charge in [0.25, 0.3) is 0 Å². The summed E-state index contributed by atoms with van der Waals surface area (Å²) >= 11 is 4.93. The van der Waals surface area contributed by atoms with E-state index in [2.05, 4.69) is 20.8 Å². The van der Waals surface area contributed by atoms with Crippen molar-refractivity contribution < 1.29 is 0 Å². The van der Waals surface area contributed by atoms with E-state index in [1.165, 1.54) is 6.20 Å². The van der Waals surface area contributed by atoms with Crippen molar-refractivity contribution in [3.05, 3.63) is 11.8 Å². The van der Waals surface area contributed by atoms with E-state index in [9.17, 15) is 0 Å². The maximum atomic E-state index is 8.64. The van der Waals surface area contributed by atoms with Crippen molar-refractivity contribution in [2.75, 3.05) is 11.9 Å². The first kappa shape index (κ1) is 9.48. The number of hydrogen-bond acceptors (Lipinski definition) is 3. The number of hydrogen-bond donors (Lipinski definition) is 3. The Balaban J connectivity index is 2.64. The summed E-state index contributed by atoms with van der Waals surface area (Å²) in [7, 11) is 0. The molecule has 1 aromatic rings. The van der Waals surface area contributed by atoms with Gasteiger partial charge >= 0.3 is 0 Å². The van der Waals surface area contributed by atoms with Crippen LogP contribution in [0.1, 0.15) is 12.5 Å². The van der Waals surface area contributed by atoms with Crippen molar-refractivity contribution in [3.8, 4) is 6.07 Å². The standard InChI is InChI=1S/C7H9N5S/c1-2-9-7(13)11-6-5(3-8)4-10-12-6/h4H,2H2,1H3,(H3,9,10,11,12,13). The minimum Gasteiger partial charge on any atom is -0.363 e. The maximum absolute atomic E-state index is 8.64. The molecule has 3 N–H and O–H groups in total. The van der Waals surface area contributed by atoms with Crippen molar-refractivity contribution >= 4 is 23.1 Å². The zero-order valence-corrected chi connectivity index (χ0v) is 7.90. The number of H-pyrrole nitrogens is 1. The van der Waals surface area contributed by atoms with Crippen molar-refractivity contribution in [2.45, 2.75) is 6.92 Å². The molecule has 68 valence electrons. The first-order valence-corrected chi connectivity index (χ1v) is 4.17. The fourth-order valence-corrected chi connectivity index (χ4v) is 1.03. The number of nitriles is 1. The molecule has 0 radical (unpaired) electrons. The van der Waals surface area contributed by atoms with Gasteiger partial charge in [0.2, 0.25) is 0 Å². The number of thiocarbonyl (C=S) groups is 1. The predicted octanol–water partition coefficient (Wildman–Crippen LogP) is 0.588. The van der Waals surface area contributed by atoms with E-state index in [4.69, 9.17) is 17.5 Å². The summed E-state index contributed by atoms with van der Waals surface area (Å²) in [5, 5.41) is 21.2. The molecular formula is C7H9N5S. The molecule has 0 saturated carbocycles. The molecule has 0 atom stereocenters. The highest BCUT2D eigenvalue weighted by molar-refractivity contribution is 7.80. The summed E-state index contributed by atoms with van der Waals surface area (Å²) < 4.78 is 0.